The zero-order valence-electron chi connectivity index (χ0n) is 23.7. The van der Waals surface area contributed by atoms with Gasteiger partial charge in [0.1, 0.15) is 5.82 Å². The Morgan fingerprint density at radius 1 is 1.16 bits per heavy atom. The molecule has 1 aliphatic rings. The van der Waals surface area contributed by atoms with Gasteiger partial charge >= 0.3 is 0 Å². The molecule has 1 fully saturated rings. The summed E-state index contributed by atoms with van der Waals surface area (Å²) >= 11 is 0. The summed E-state index contributed by atoms with van der Waals surface area (Å²) in [5.41, 5.74) is 10.8. The summed E-state index contributed by atoms with van der Waals surface area (Å²) < 4.78 is 2.47. The Kier molecular flexibility index (Phi) is 8.63. The molecule has 196 valence electrons. The maximum atomic E-state index is 5.36. The topological polar surface area (TPSA) is 55.6 Å². The first-order chi connectivity index (χ1) is 17.8. The second kappa shape index (κ2) is 11.9. The van der Waals surface area contributed by atoms with Gasteiger partial charge < -0.3 is 9.88 Å². The fourth-order valence-corrected chi connectivity index (χ4v) is 5.41. The third-order valence-electron chi connectivity index (χ3n) is 7.62. The molecule has 0 spiro atoms. The van der Waals surface area contributed by atoms with E-state index in [0.29, 0.717) is 18.5 Å². The lowest BCUT2D eigenvalue weighted by Crippen LogP contribution is -2.14. The summed E-state index contributed by atoms with van der Waals surface area (Å²) in [7, 11) is 0. The predicted molar refractivity (Wildman–Crippen MR) is 157 cm³/mol. The molecular formula is C32H43N5. The van der Waals surface area contributed by atoms with Gasteiger partial charge in [-0.1, -0.05) is 50.1 Å². The number of pyridine rings is 1. The van der Waals surface area contributed by atoms with Crippen LogP contribution in [-0.2, 0) is 13.0 Å². The molecule has 5 heteroatoms. The van der Waals surface area contributed by atoms with Gasteiger partial charge in [-0.3, -0.25) is 0 Å². The lowest BCUT2D eigenvalue weighted by atomic mass is 9.78. The van der Waals surface area contributed by atoms with Crippen LogP contribution in [0.3, 0.4) is 0 Å². The normalized spacial score (nSPS) is 15.2. The SMILES string of the molecule is CC/C=C/C=C\C(=C(/C)C1CCC1)c1cc(NCc2ccnc(C)n2)c2c(n1)c(C)c(CC)n2C(C)C. The van der Waals surface area contributed by atoms with Gasteiger partial charge in [0.15, 0.2) is 0 Å². The quantitative estimate of drug-likeness (QED) is 0.286. The van der Waals surface area contributed by atoms with Crippen LogP contribution in [0.5, 0.6) is 0 Å². The number of hydrogen-bond acceptors (Lipinski definition) is 4. The lowest BCUT2D eigenvalue weighted by molar-refractivity contribution is 0.369. The number of nitrogens with one attached hydrogen (secondary N) is 1. The van der Waals surface area contributed by atoms with Gasteiger partial charge in [-0.2, -0.15) is 0 Å². The summed E-state index contributed by atoms with van der Waals surface area (Å²) in [5, 5.41) is 3.75. The second-order valence-electron chi connectivity index (χ2n) is 10.5. The van der Waals surface area contributed by atoms with Crippen molar-refractivity contribution in [2.75, 3.05) is 5.32 Å². The van der Waals surface area contributed by atoms with Crippen molar-refractivity contribution in [2.45, 2.75) is 93.2 Å². The van der Waals surface area contributed by atoms with Crippen molar-refractivity contribution in [3.8, 4) is 0 Å². The van der Waals surface area contributed by atoms with Crippen LogP contribution in [0, 0.1) is 19.8 Å². The van der Waals surface area contributed by atoms with Crippen molar-refractivity contribution in [2.24, 2.45) is 5.92 Å². The van der Waals surface area contributed by atoms with E-state index in [4.69, 9.17) is 4.98 Å². The van der Waals surface area contributed by atoms with Crippen LogP contribution in [0.4, 0.5) is 5.69 Å². The first-order valence-electron chi connectivity index (χ1n) is 14.0. The molecule has 37 heavy (non-hydrogen) atoms. The van der Waals surface area contributed by atoms with Gasteiger partial charge in [0.2, 0.25) is 0 Å². The third kappa shape index (κ3) is 5.71. The highest BCUT2D eigenvalue weighted by Gasteiger charge is 2.24. The largest absolute Gasteiger partial charge is 0.378 e. The molecule has 3 aromatic rings. The molecule has 1 N–H and O–H groups in total. The highest BCUT2D eigenvalue weighted by atomic mass is 15.1. The van der Waals surface area contributed by atoms with E-state index in [9.17, 15) is 0 Å². The molecule has 0 atom stereocenters. The van der Waals surface area contributed by atoms with Crippen LogP contribution in [-0.4, -0.2) is 19.5 Å². The number of rotatable bonds is 10. The molecule has 0 bridgehead atoms. The molecule has 5 nitrogen and oxygen atoms in total. The highest BCUT2D eigenvalue weighted by molar-refractivity contribution is 5.95. The fourth-order valence-electron chi connectivity index (χ4n) is 5.41. The molecule has 0 radical (unpaired) electrons. The minimum atomic E-state index is 0.339. The number of nitrogens with zero attached hydrogens (tertiary/aromatic N) is 4. The average molecular weight is 498 g/mol. The van der Waals surface area contributed by atoms with Gasteiger partial charge in [0, 0.05) is 17.9 Å². The minimum absolute atomic E-state index is 0.339. The van der Waals surface area contributed by atoms with E-state index < -0.39 is 0 Å². The molecule has 3 aromatic heterocycles. The summed E-state index contributed by atoms with van der Waals surface area (Å²) in [4.78, 5) is 14.2. The maximum absolute atomic E-state index is 5.36. The Balaban J connectivity index is 1.91. The molecule has 3 heterocycles. The number of aromatic nitrogens is 4. The van der Waals surface area contributed by atoms with Gasteiger partial charge in [-0.05, 0) is 89.5 Å². The summed E-state index contributed by atoms with van der Waals surface area (Å²) in [6, 6.07) is 4.59. The van der Waals surface area contributed by atoms with Crippen LogP contribution in [0.25, 0.3) is 16.6 Å². The zero-order chi connectivity index (χ0) is 26.5. The number of fused-ring (bicyclic) bond motifs is 1. The van der Waals surface area contributed by atoms with E-state index in [1.807, 2.05) is 19.2 Å². The molecule has 4 rings (SSSR count). The third-order valence-corrected chi connectivity index (χ3v) is 7.62. The molecule has 0 saturated heterocycles. The average Bonchev–Trinajstić information content (AvgIpc) is 3.13. The van der Waals surface area contributed by atoms with Crippen molar-refractivity contribution in [3.63, 3.8) is 0 Å². The molecule has 1 aliphatic carbocycles. The standard InChI is InChI=1S/C32H43N5/c1-8-10-11-12-16-27(22(5)25-14-13-15-25)28-19-29(34-20-26-17-18-33-24(7)35-26)32-31(36-28)23(6)30(9-2)37(32)21(3)4/h10-12,16-19,21,25H,8-9,13-15,20H2,1-7H3,(H,34,36)/b11-10+,16-12-,27-22-. The van der Waals surface area contributed by atoms with Gasteiger partial charge in [-0.25, -0.2) is 15.0 Å². The first kappa shape index (κ1) is 26.8. The van der Waals surface area contributed by atoms with E-state index in [2.05, 4.69) is 91.8 Å². The summed E-state index contributed by atoms with van der Waals surface area (Å²) in [6.45, 7) is 16.0. The van der Waals surface area contributed by atoms with Crippen LogP contribution in [0.1, 0.15) is 94.8 Å². The predicted octanol–water partition coefficient (Wildman–Crippen LogP) is 8.29. The Morgan fingerprint density at radius 3 is 2.57 bits per heavy atom. The molecular weight excluding hydrogens is 454 g/mol. The Bertz CT molecular complexity index is 1330. The molecule has 0 aliphatic heterocycles. The van der Waals surface area contributed by atoms with E-state index >= 15 is 0 Å². The van der Waals surface area contributed by atoms with Crippen LogP contribution in [0.15, 0.2) is 48.2 Å². The number of hydrogen-bond donors (Lipinski definition) is 1. The minimum Gasteiger partial charge on any atom is -0.378 e. The van der Waals surface area contributed by atoms with Gasteiger partial charge in [0.25, 0.3) is 0 Å². The van der Waals surface area contributed by atoms with E-state index in [1.165, 1.54) is 47.2 Å². The van der Waals surface area contributed by atoms with Gasteiger partial charge in [0.05, 0.1) is 34.7 Å². The van der Waals surface area contributed by atoms with Gasteiger partial charge in [-0.15, -0.1) is 0 Å². The molecule has 0 unspecified atom stereocenters. The van der Waals surface area contributed by atoms with Crippen molar-refractivity contribution < 1.29 is 0 Å². The van der Waals surface area contributed by atoms with Crippen molar-refractivity contribution in [3.05, 3.63) is 76.7 Å². The number of aryl methyl sites for hydroxylation is 2. The maximum Gasteiger partial charge on any atom is 0.125 e. The first-order valence-corrected chi connectivity index (χ1v) is 14.0. The molecule has 0 amide bonds. The fraction of sp³-hybridized carbons (Fsp3) is 0.469. The van der Waals surface area contributed by atoms with Crippen molar-refractivity contribution in [1.29, 1.82) is 0 Å². The van der Waals surface area contributed by atoms with Crippen LogP contribution >= 0.6 is 0 Å². The second-order valence-corrected chi connectivity index (χ2v) is 10.5. The number of allylic oxidation sites excluding steroid dienone is 6. The van der Waals surface area contributed by atoms with E-state index in [1.54, 1.807) is 0 Å². The van der Waals surface area contributed by atoms with E-state index in [-0.39, 0.29) is 0 Å². The van der Waals surface area contributed by atoms with E-state index in [0.717, 1.165) is 41.3 Å². The van der Waals surface area contributed by atoms with Crippen molar-refractivity contribution >= 4 is 22.3 Å². The van der Waals surface area contributed by atoms with Crippen LogP contribution in [0.2, 0.25) is 0 Å². The van der Waals surface area contributed by atoms with Crippen molar-refractivity contribution in [1.82, 2.24) is 19.5 Å². The van der Waals surface area contributed by atoms with Crippen LogP contribution < -0.4 is 5.32 Å². The zero-order valence-corrected chi connectivity index (χ0v) is 23.7. The summed E-state index contributed by atoms with van der Waals surface area (Å²) in [6.07, 6.45) is 16.5. The Hall–Kier alpha value is -3.21. The number of anilines is 1. The Labute approximate surface area is 222 Å². The Morgan fingerprint density at radius 2 is 1.95 bits per heavy atom. The summed E-state index contributed by atoms with van der Waals surface area (Å²) in [5.74, 6) is 1.45. The lowest BCUT2D eigenvalue weighted by Gasteiger charge is -2.28. The monoisotopic (exact) mass is 497 g/mol. The molecule has 1 saturated carbocycles. The highest BCUT2D eigenvalue weighted by Crippen LogP contribution is 2.40. The molecule has 0 aromatic carbocycles. The smallest absolute Gasteiger partial charge is 0.125 e.